The molecule has 2 rings (SSSR count). The van der Waals surface area contributed by atoms with Gasteiger partial charge in [-0.2, -0.15) is 0 Å². The van der Waals surface area contributed by atoms with E-state index in [2.05, 4.69) is 23.0 Å². The van der Waals surface area contributed by atoms with Crippen LogP contribution in [-0.2, 0) is 6.54 Å². The largest absolute Gasteiger partial charge is 0.399 e. The number of benzene rings is 1. The summed E-state index contributed by atoms with van der Waals surface area (Å²) in [5.41, 5.74) is 11.1. The molecular formula is C15H19N3. The summed E-state index contributed by atoms with van der Waals surface area (Å²) in [7, 11) is 2.06. The Kier molecular flexibility index (Phi) is 3.51. The molecule has 2 aromatic rings. The van der Waals surface area contributed by atoms with Gasteiger partial charge in [0, 0.05) is 24.1 Å². The van der Waals surface area contributed by atoms with Crippen LogP contribution in [0.25, 0.3) is 0 Å². The molecule has 0 radical (unpaired) electrons. The van der Waals surface area contributed by atoms with Gasteiger partial charge in [0.15, 0.2) is 0 Å². The second-order valence-electron chi connectivity index (χ2n) is 4.67. The molecule has 0 amide bonds. The summed E-state index contributed by atoms with van der Waals surface area (Å²) in [6.07, 6.45) is 0. The van der Waals surface area contributed by atoms with Crippen molar-refractivity contribution < 1.29 is 0 Å². The quantitative estimate of drug-likeness (QED) is 0.840. The first-order chi connectivity index (χ1) is 8.56. The molecule has 3 nitrogen and oxygen atoms in total. The third kappa shape index (κ3) is 2.80. The molecule has 0 saturated heterocycles. The van der Waals surface area contributed by atoms with Gasteiger partial charge in [-0.15, -0.1) is 0 Å². The molecule has 0 aliphatic heterocycles. The lowest BCUT2D eigenvalue weighted by Gasteiger charge is -2.20. The van der Waals surface area contributed by atoms with Crippen molar-refractivity contribution >= 4 is 11.4 Å². The van der Waals surface area contributed by atoms with Gasteiger partial charge >= 0.3 is 0 Å². The van der Waals surface area contributed by atoms with E-state index in [-0.39, 0.29) is 0 Å². The number of aryl methyl sites for hydroxylation is 2. The Morgan fingerprint density at radius 2 is 1.94 bits per heavy atom. The molecule has 0 bridgehead atoms. The van der Waals surface area contributed by atoms with Gasteiger partial charge in [-0.05, 0) is 49.7 Å². The van der Waals surface area contributed by atoms with Crippen LogP contribution in [0.4, 0.5) is 11.4 Å². The fraction of sp³-hybridized carbons (Fsp3) is 0.267. The number of hydrogen-bond donors (Lipinski definition) is 1. The molecule has 0 spiro atoms. The zero-order chi connectivity index (χ0) is 13.1. The van der Waals surface area contributed by atoms with Crippen molar-refractivity contribution in [3.63, 3.8) is 0 Å². The van der Waals surface area contributed by atoms with Gasteiger partial charge in [-0.1, -0.05) is 6.07 Å². The molecule has 0 fully saturated rings. The number of aromatic nitrogens is 1. The van der Waals surface area contributed by atoms with Crippen molar-refractivity contribution in [1.29, 1.82) is 0 Å². The Morgan fingerprint density at radius 3 is 2.61 bits per heavy atom. The minimum absolute atomic E-state index is 0.797. The number of nitrogens with zero attached hydrogens (tertiary/aromatic N) is 2. The highest BCUT2D eigenvalue weighted by Gasteiger charge is 2.04. The van der Waals surface area contributed by atoms with Crippen LogP contribution in [0.15, 0.2) is 36.4 Å². The van der Waals surface area contributed by atoms with E-state index >= 15 is 0 Å². The van der Waals surface area contributed by atoms with Gasteiger partial charge in [0.25, 0.3) is 0 Å². The number of rotatable bonds is 3. The SMILES string of the molecule is Cc1cccc(CN(C)c2ccc(N)c(C)c2)n1. The van der Waals surface area contributed by atoms with Crippen LogP contribution >= 0.6 is 0 Å². The highest BCUT2D eigenvalue weighted by atomic mass is 15.1. The average Bonchev–Trinajstić information content (AvgIpc) is 2.32. The van der Waals surface area contributed by atoms with Gasteiger partial charge in [0.1, 0.15) is 0 Å². The van der Waals surface area contributed by atoms with E-state index in [1.165, 1.54) is 0 Å². The molecule has 0 aliphatic carbocycles. The standard InChI is InChI=1S/C15H19N3/c1-11-9-14(7-8-15(11)16)18(3)10-13-6-4-5-12(2)17-13/h4-9H,10,16H2,1-3H3. The maximum absolute atomic E-state index is 5.83. The van der Waals surface area contributed by atoms with Crippen molar-refractivity contribution in [3.8, 4) is 0 Å². The van der Waals surface area contributed by atoms with Gasteiger partial charge < -0.3 is 10.6 Å². The second-order valence-corrected chi connectivity index (χ2v) is 4.67. The first-order valence-corrected chi connectivity index (χ1v) is 6.06. The summed E-state index contributed by atoms with van der Waals surface area (Å²) in [4.78, 5) is 6.69. The number of anilines is 2. The van der Waals surface area contributed by atoms with Crippen LogP contribution in [0.5, 0.6) is 0 Å². The third-order valence-electron chi connectivity index (χ3n) is 3.04. The van der Waals surface area contributed by atoms with Gasteiger partial charge in [-0.25, -0.2) is 0 Å². The molecule has 0 atom stereocenters. The number of hydrogen-bond acceptors (Lipinski definition) is 3. The Morgan fingerprint density at radius 1 is 1.17 bits per heavy atom. The molecule has 18 heavy (non-hydrogen) atoms. The Hall–Kier alpha value is -2.03. The molecule has 2 N–H and O–H groups in total. The van der Waals surface area contributed by atoms with Crippen molar-refractivity contribution in [3.05, 3.63) is 53.3 Å². The molecule has 3 heteroatoms. The molecule has 94 valence electrons. The van der Waals surface area contributed by atoms with Gasteiger partial charge in [-0.3, -0.25) is 4.98 Å². The van der Waals surface area contributed by atoms with Crippen LogP contribution < -0.4 is 10.6 Å². The monoisotopic (exact) mass is 241 g/mol. The summed E-state index contributed by atoms with van der Waals surface area (Å²) in [5, 5.41) is 0. The molecule has 1 heterocycles. The zero-order valence-electron chi connectivity index (χ0n) is 11.1. The van der Waals surface area contributed by atoms with E-state index in [0.717, 1.165) is 34.9 Å². The molecular weight excluding hydrogens is 222 g/mol. The fourth-order valence-electron chi connectivity index (χ4n) is 1.92. The molecule has 1 aromatic heterocycles. The highest BCUT2D eigenvalue weighted by molar-refractivity contribution is 5.57. The van der Waals surface area contributed by atoms with Crippen molar-refractivity contribution in [1.82, 2.24) is 4.98 Å². The normalized spacial score (nSPS) is 10.4. The molecule has 0 aliphatic rings. The van der Waals surface area contributed by atoms with E-state index in [0.29, 0.717) is 0 Å². The number of nitrogen functional groups attached to an aromatic ring is 1. The summed E-state index contributed by atoms with van der Waals surface area (Å²) in [6.45, 7) is 4.83. The number of pyridine rings is 1. The minimum Gasteiger partial charge on any atom is -0.399 e. The summed E-state index contributed by atoms with van der Waals surface area (Å²) in [6, 6.07) is 12.2. The first kappa shape index (κ1) is 12.4. The predicted molar refractivity (Wildman–Crippen MR) is 76.7 cm³/mol. The summed E-state index contributed by atoms with van der Waals surface area (Å²) >= 11 is 0. The Bertz CT molecular complexity index is 549. The average molecular weight is 241 g/mol. The fourth-order valence-corrected chi connectivity index (χ4v) is 1.92. The van der Waals surface area contributed by atoms with Crippen LogP contribution in [0.2, 0.25) is 0 Å². The van der Waals surface area contributed by atoms with Crippen LogP contribution in [-0.4, -0.2) is 12.0 Å². The van der Waals surface area contributed by atoms with E-state index in [4.69, 9.17) is 5.73 Å². The lowest BCUT2D eigenvalue weighted by atomic mass is 10.1. The van der Waals surface area contributed by atoms with Crippen molar-refractivity contribution in [2.75, 3.05) is 17.7 Å². The van der Waals surface area contributed by atoms with E-state index in [1.54, 1.807) is 0 Å². The highest BCUT2D eigenvalue weighted by Crippen LogP contribution is 2.20. The van der Waals surface area contributed by atoms with E-state index < -0.39 is 0 Å². The lowest BCUT2D eigenvalue weighted by Crippen LogP contribution is -2.17. The summed E-state index contributed by atoms with van der Waals surface area (Å²) < 4.78 is 0. The van der Waals surface area contributed by atoms with Crippen LogP contribution in [0.1, 0.15) is 17.0 Å². The smallest absolute Gasteiger partial charge is 0.0600 e. The summed E-state index contributed by atoms with van der Waals surface area (Å²) in [5.74, 6) is 0. The van der Waals surface area contributed by atoms with Crippen molar-refractivity contribution in [2.45, 2.75) is 20.4 Å². The maximum Gasteiger partial charge on any atom is 0.0600 e. The van der Waals surface area contributed by atoms with Crippen molar-refractivity contribution in [2.24, 2.45) is 0 Å². The maximum atomic E-state index is 5.83. The zero-order valence-corrected chi connectivity index (χ0v) is 11.1. The predicted octanol–water partition coefficient (Wildman–Crippen LogP) is 2.92. The topological polar surface area (TPSA) is 42.1 Å². The Labute approximate surface area is 108 Å². The van der Waals surface area contributed by atoms with Gasteiger partial charge in [0.2, 0.25) is 0 Å². The third-order valence-corrected chi connectivity index (χ3v) is 3.04. The molecule has 1 aromatic carbocycles. The van der Waals surface area contributed by atoms with E-state index in [9.17, 15) is 0 Å². The number of nitrogens with two attached hydrogens (primary N) is 1. The van der Waals surface area contributed by atoms with Gasteiger partial charge in [0.05, 0.1) is 12.2 Å². The Balaban J connectivity index is 2.16. The minimum atomic E-state index is 0.797. The second kappa shape index (κ2) is 5.08. The molecule has 0 saturated carbocycles. The van der Waals surface area contributed by atoms with Crippen LogP contribution in [0, 0.1) is 13.8 Å². The van der Waals surface area contributed by atoms with E-state index in [1.807, 2.05) is 44.2 Å². The van der Waals surface area contributed by atoms with Crippen LogP contribution in [0.3, 0.4) is 0 Å². The lowest BCUT2D eigenvalue weighted by molar-refractivity contribution is 0.876. The molecule has 0 unspecified atom stereocenters. The first-order valence-electron chi connectivity index (χ1n) is 6.06.